The van der Waals surface area contributed by atoms with Crippen LogP contribution in [0.25, 0.3) is 11.1 Å². The molecule has 0 aliphatic carbocycles. The number of rotatable bonds is 2. The van der Waals surface area contributed by atoms with Crippen LogP contribution < -0.4 is 0 Å². The Bertz CT molecular complexity index is 577. The molecule has 0 atom stereocenters. The number of esters is 1. The van der Waals surface area contributed by atoms with Gasteiger partial charge in [-0.15, -0.1) is 0 Å². The van der Waals surface area contributed by atoms with E-state index in [9.17, 15) is 4.79 Å². The third-order valence-electron chi connectivity index (χ3n) is 2.74. The molecule has 0 saturated heterocycles. The first-order chi connectivity index (χ1) is 8.88. The Hall–Kier alpha value is -2.03. The van der Waals surface area contributed by atoms with Gasteiger partial charge in [0.15, 0.2) is 0 Å². The van der Waals surface area contributed by atoms with E-state index < -0.39 is 5.60 Å². The number of hydrogen-bond acceptors (Lipinski definition) is 2. The number of ether oxygens (including phenoxy) is 1. The summed E-state index contributed by atoms with van der Waals surface area (Å²) < 4.78 is 5.43. The van der Waals surface area contributed by atoms with Crippen molar-refractivity contribution in [3.63, 3.8) is 0 Å². The van der Waals surface area contributed by atoms with Gasteiger partial charge in [0.2, 0.25) is 0 Å². The lowest BCUT2D eigenvalue weighted by Gasteiger charge is -2.19. The Labute approximate surface area is 113 Å². The van der Waals surface area contributed by atoms with Crippen molar-refractivity contribution in [2.75, 3.05) is 0 Å². The first-order valence-corrected chi connectivity index (χ1v) is 6.35. The predicted octanol–water partition coefficient (Wildman–Crippen LogP) is 3.95. The molecule has 1 aromatic carbocycles. The topological polar surface area (TPSA) is 42.1 Å². The standard InChI is InChI=1S/C16H19NO2/c1-11-10-17-14(15(18)19-16(2,3)4)13(11)12-8-6-5-7-9-12/h5-10,17H,1-4H3. The van der Waals surface area contributed by atoms with Crippen LogP contribution in [0.4, 0.5) is 0 Å². The minimum absolute atomic E-state index is 0.320. The first-order valence-electron chi connectivity index (χ1n) is 6.35. The van der Waals surface area contributed by atoms with E-state index in [4.69, 9.17) is 4.74 Å². The zero-order chi connectivity index (χ0) is 14.0. The molecule has 2 aromatic rings. The van der Waals surface area contributed by atoms with E-state index in [1.165, 1.54) is 0 Å². The van der Waals surface area contributed by atoms with Gasteiger partial charge in [-0.2, -0.15) is 0 Å². The Morgan fingerprint density at radius 2 is 1.79 bits per heavy atom. The highest BCUT2D eigenvalue weighted by Gasteiger charge is 2.23. The molecule has 19 heavy (non-hydrogen) atoms. The normalized spacial score (nSPS) is 11.4. The smallest absolute Gasteiger partial charge is 0.355 e. The van der Waals surface area contributed by atoms with Crippen LogP contribution in [0.3, 0.4) is 0 Å². The summed E-state index contributed by atoms with van der Waals surface area (Å²) in [5, 5.41) is 0. The molecule has 0 amide bonds. The van der Waals surface area contributed by atoms with E-state index in [0.717, 1.165) is 16.7 Å². The van der Waals surface area contributed by atoms with Gasteiger partial charge in [-0.3, -0.25) is 0 Å². The van der Waals surface area contributed by atoms with Gasteiger partial charge in [-0.05, 0) is 38.8 Å². The summed E-state index contributed by atoms with van der Waals surface area (Å²) >= 11 is 0. The Kier molecular flexibility index (Phi) is 3.47. The Morgan fingerprint density at radius 1 is 1.16 bits per heavy atom. The summed E-state index contributed by atoms with van der Waals surface area (Å²) in [5.74, 6) is -0.320. The van der Waals surface area contributed by atoms with E-state index in [-0.39, 0.29) is 5.97 Å². The van der Waals surface area contributed by atoms with Crippen LogP contribution in [0.15, 0.2) is 36.5 Å². The lowest BCUT2D eigenvalue weighted by Crippen LogP contribution is -2.24. The number of carbonyl (C=O) groups is 1. The number of nitrogens with one attached hydrogen (secondary N) is 1. The van der Waals surface area contributed by atoms with Crippen molar-refractivity contribution in [1.82, 2.24) is 4.98 Å². The van der Waals surface area contributed by atoms with Gasteiger partial charge >= 0.3 is 5.97 Å². The van der Waals surface area contributed by atoms with Gasteiger partial charge in [0.25, 0.3) is 0 Å². The molecule has 1 N–H and O–H groups in total. The monoisotopic (exact) mass is 257 g/mol. The number of aromatic nitrogens is 1. The lowest BCUT2D eigenvalue weighted by molar-refractivity contribution is 0.00645. The second-order valence-corrected chi connectivity index (χ2v) is 5.59. The molecular weight excluding hydrogens is 238 g/mol. The number of aromatic amines is 1. The maximum absolute atomic E-state index is 12.2. The minimum Gasteiger partial charge on any atom is -0.455 e. The van der Waals surface area contributed by atoms with Crippen molar-refractivity contribution in [3.8, 4) is 11.1 Å². The zero-order valence-electron chi connectivity index (χ0n) is 11.8. The van der Waals surface area contributed by atoms with Crippen LogP contribution in [-0.2, 0) is 4.74 Å². The fourth-order valence-electron chi connectivity index (χ4n) is 1.99. The second-order valence-electron chi connectivity index (χ2n) is 5.59. The lowest BCUT2D eigenvalue weighted by atomic mass is 10.0. The average Bonchev–Trinajstić information content (AvgIpc) is 2.70. The average molecular weight is 257 g/mol. The highest BCUT2D eigenvalue weighted by Crippen LogP contribution is 2.28. The SMILES string of the molecule is Cc1c[nH]c(C(=O)OC(C)(C)C)c1-c1ccccc1. The van der Waals surface area contributed by atoms with Gasteiger partial charge in [0.1, 0.15) is 11.3 Å². The minimum atomic E-state index is -0.496. The van der Waals surface area contributed by atoms with Crippen molar-refractivity contribution >= 4 is 5.97 Å². The summed E-state index contributed by atoms with van der Waals surface area (Å²) in [6.07, 6.45) is 1.83. The summed E-state index contributed by atoms with van der Waals surface area (Å²) in [6.45, 7) is 7.57. The fraction of sp³-hybridized carbons (Fsp3) is 0.312. The van der Waals surface area contributed by atoms with E-state index >= 15 is 0 Å². The molecular formula is C16H19NO2. The van der Waals surface area contributed by atoms with Crippen LogP contribution in [0.5, 0.6) is 0 Å². The van der Waals surface area contributed by atoms with E-state index in [1.807, 2.05) is 64.2 Å². The molecule has 1 heterocycles. The maximum Gasteiger partial charge on any atom is 0.355 e. The van der Waals surface area contributed by atoms with Crippen molar-refractivity contribution < 1.29 is 9.53 Å². The molecule has 0 bridgehead atoms. The van der Waals surface area contributed by atoms with Gasteiger partial charge in [-0.1, -0.05) is 30.3 Å². The predicted molar refractivity (Wildman–Crippen MR) is 76.1 cm³/mol. The summed E-state index contributed by atoms with van der Waals surface area (Å²) in [6, 6.07) is 9.86. The largest absolute Gasteiger partial charge is 0.455 e. The van der Waals surface area contributed by atoms with Crippen LogP contribution in [0.2, 0.25) is 0 Å². The molecule has 0 aliphatic rings. The van der Waals surface area contributed by atoms with Gasteiger partial charge in [0.05, 0.1) is 0 Å². The fourth-order valence-corrected chi connectivity index (χ4v) is 1.99. The number of hydrogen-bond donors (Lipinski definition) is 1. The van der Waals surface area contributed by atoms with Crippen LogP contribution >= 0.6 is 0 Å². The van der Waals surface area contributed by atoms with Crippen molar-refractivity contribution in [2.24, 2.45) is 0 Å². The highest BCUT2D eigenvalue weighted by molar-refractivity contribution is 5.96. The van der Waals surface area contributed by atoms with Crippen LogP contribution in [0, 0.1) is 6.92 Å². The molecule has 0 unspecified atom stereocenters. The summed E-state index contributed by atoms with van der Waals surface area (Å²) in [5.41, 5.74) is 2.98. The molecule has 2 rings (SSSR count). The molecule has 0 fully saturated rings. The van der Waals surface area contributed by atoms with E-state index in [2.05, 4.69) is 4.98 Å². The van der Waals surface area contributed by atoms with Crippen molar-refractivity contribution in [3.05, 3.63) is 47.8 Å². The van der Waals surface area contributed by atoms with E-state index in [1.54, 1.807) is 0 Å². The molecule has 0 spiro atoms. The third-order valence-corrected chi connectivity index (χ3v) is 2.74. The highest BCUT2D eigenvalue weighted by atomic mass is 16.6. The first kappa shape index (κ1) is 13.4. The molecule has 3 heteroatoms. The Morgan fingerprint density at radius 3 is 2.37 bits per heavy atom. The van der Waals surface area contributed by atoms with Gasteiger partial charge < -0.3 is 9.72 Å². The van der Waals surface area contributed by atoms with E-state index in [0.29, 0.717) is 5.69 Å². The molecule has 0 aliphatic heterocycles. The third kappa shape index (κ3) is 3.05. The summed E-state index contributed by atoms with van der Waals surface area (Å²) in [7, 11) is 0. The number of benzene rings is 1. The van der Waals surface area contributed by atoms with Crippen molar-refractivity contribution in [1.29, 1.82) is 0 Å². The number of aryl methyl sites for hydroxylation is 1. The van der Waals surface area contributed by atoms with Crippen LogP contribution in [0.1, 0.15) is 36.8 Å². The number of H-pyrrole nitrogens is 1. The van der Waals surface area contributed by atoms with Gasteiger partial charge in [-0.25, -0.2) is 4.79 Å². The molecule has 0 saturated carbocycles. The quantitative estimate of drug-likeness (QED) is 0.828. The van der Waals surface area contributed by atoms with Crippen molar-refractivity contribution in [2.45, 2.75) is 33.3 Å². The summed E-state index contributed by atoms with van der Waals surface area (Å²) in [4.78, 5) is 15.2. The molecule has 3 nitrogen and oxygen atoms in total. The zero-order valence-corrected chi connectivity index (χ0v) is 11.8. The van der Waals surface area contributed by atoms with Crippen LogP contribution in [-0.4, -0.2) is 16.6 Å². The number of carbonyl (C=O) groups excluding carboxylic acids is 1. The molecule has 0 radical (unpaired) electrons. The molecule has 100 valence electrons. The Balaban J connectivity index is 2.41. The maximum atomic E-state index is 12.2. The second kappa shape index (κ2) is 4.92. The van der Waals surface area contributed by atoms with Gasteiger partial charge in [0, 0.05) is 11.8 Å². The molecule has 1 aromatic heterocycles.